The molecule has 2 atom stereocenters. The fraction of sp³-hybridized carbons (Fsp3) is 0.333. The largest absolute Gasteiger partial charge is 0.0622 e. The van der Waals surface area contributed by atoms with Crippen molar-refractivity contribution in [2.45, 2.75) is 32.1 Å². The zero-order chi connectivity index (χ0) is 14.1. The van der Waals surface area contributed by atoms with E-state index in [4.69, 9.17) is 0 Å². The van der Waals surface area contributed by atoms with Crippen molar-refractivity contribution in [3.63, 3.8) is 0 Å². The number of rotatable bonds is 2. The van der Waals surface area contributed by atoms with Gasteiger partial charge in [-0.1, -0.05) is 72.7 Å². The van der Waals surface area contributed by atoms with Crippen LogP contribution in [0.2, 0.25) is 0 Å². The molecule has 2 aromatic carbocycles. The fourth-order valence-corrected chi connectivity index (χ4v) is 4.36. The van der Waals surface area contributed by atoms with Gasteiger partial charge in [-0.2, -0.15) is 0 Å². The Balaban J connectivity index is 1.81. The molecule has 2 fully saturated rings. The molecular formula is C21H22. The smallest absolute Gasteiger partial charge is 0.0119 e. The number of hydrogen-bond acceptors (Lipinski definition) is 0. The highest BCUT2D eigenvalue weighted by molar-refractivity contribution is 5.82. The van der Waals surface area contributed by atoms with Gasteiger partial charge in [0.25, 0.3) is 0 Å². The molecule has 2 saturated carbocycles. The Bertz CT molecular complexity index is 581. The number of hydrogen-bond donors (Lipinski definition) is 0. The molecule has 2 aromatic rings. The van der Waals surface area contributed by atoms with Gasteiger partial charge in [-0.15, -0.1) is 0 Å². The molecule has 0 saturated heterocycles. The van der Waals surface area contributed by atoms with Crippen LogP contribution >= 0.6 is 0 Å². The van der Waals surface area contributed by atoms with Gasteiger partial charge in [-0.3, -0.25) is 0 Å². The highest BCUT2D eigenvalue weighted by Gasteiger charge is 2.35. The minimum absolute atomic E-state index is 0.961. The van der Waals surface area contributed by atoms with Crippen molar-refractivity contribution in [3.8, 4) is 0 Å². The normalized spacial score (nSPS) is 24.1. The van der Waals surface area contributed by atoms with Crippen molar-refractivity contribution in [1.82, 2.24) is 0 Å². The van der Waals surface area contributed by atoms with E-state index in [2.05, 4.69) is 60.7 Å². The molecule has 4 rings (SSSR count). The Hall–Kier alpha value is -1.82. The van der Waals surface area contributed by atoms with Crippen molar-refractivity contribution >= 4 is 5.57 Å². The minimum atomic E-state index is 0.961. The highest BCUT2D eigenvalue weighted by Crippen LogP contribution is 2.49. The van der Waals surface area contributed by atoms with Gasteiger partial charge in [-0.25, -0.2) is 0 Å². The first-order valence-electron chi connectivity index (χ1n) is 8.24. The Kier molecular flexibility index (Phi) is 3.39. The monoisotopic (exact) mass is 274 g/mol. The molecule has 0 nitrogen and oxygen atoms in total. The molecule has 0 bridgehead atoms. The van der Waals surface area contributed by atoms with Gasteiger partial charge in [0.05, 0.1) is 0 Å². The lowest BCUT2D eigenvalue weighted by Crippen LogP contribution is -1.95. The molecule has 0 aromatic heterocycles. The lowest BCUT2D eigenvalue weighted by Gasteiger charge is -2.13. The Morgan fingerprint density at radius 3 is 1.62 bits per heavy atom. The van der Waals surface area contributed by atoms with Crippen LogP contribution in [0, 0.1) is 11.8 Å². The maximum atomic E-state index is 2.27. The maximum absolute atomic E-state index is 2.27. The van der Waals surface area contributed by atoms with Crippen LogP contribution in [0.3, 0.4) is 0 Å². The molecule has 2 unspecified atom stereocenters. The summed E-state index contributed by atoms with van der Waals surface area (Å²) >= 11 is 0. The van der Waals surface area contributed by atoms with Crippen LogP contribution in [0.25, 0.3) is 5.57 Å². The highest BCUT2D eigenvalue weighted by atomic mass is 14.4. The summed E-state index contributed by atoms with van der Waals surface area (Å²) in [5.74, 6) is 1.92. The molecule has 21 heavy (non-hydrogen) atoms. The number of allylic oxidation sites excluding steroid dienone is 1. The molecule has 0 amide bonds. The van der Waals surface area contributed by atoms with Gasteiger partial charge < -0.3 is 0 Å². The Morgan fingerprint density at radius 2 is 1.14 bits per heavy atom. The van der Waals surface area contributed by atoms with Crippen LogP contribution in [0.4, 0.5) is 0 Å². The lowest BCUT2D eigenvalue weighted by molar-refractivity contribution is 0.457. The van der Waals surface area contributed by atoms with Gasteiger partial charge in [0.1, 0.15) is 0 Å². The van der Waals surface area contributed by atoms with Gasteiger partial charge >= 0.3 is 0 Å². The quantitative estimate of drug-likeness (QED) is 0.659. The Labute approximate surface area is 127 Å². The van der Waals surface area contributed by atoms with E-state index in [-0.39, 0.29) is 0 Å². The first kappa shape index (κ1) is 12.9. The van der Waals surface area contributed by atoms with Crippen molar-refractivity contribution in [3.05, 3.63) is 77.4 Å². The zero-order valence-corrected chi connectivity index (χ0v) is 12.5. The van der Waals surface area contributed by atoms with Crippen molar-refractivity contribution in [1.29, 1.82) is 0 Å². The van der Waals surface area contributed by atoms with Crippen molar-refractivity contribution in [2.75, 3.05) is 0 Å². The lowest BCUT2D eigenvalue weighted by atomic mass is 9.91. The standard InChI is InChI=1S/C21H22/c1-3-8-16(9-4-1)21(17-10-5-2-6-11-17)20-14-18-12-7-13-19(18)15-20/h1-6,8-11,18-19H,7,12-15H2. The van der Waals surface area contributed by atoms with E-state index in [1.165, 1.54) is 48.8 Å². The van der Waals surface area contributed by atoms with Gasteiger partial charge in [-0.05, 0) is 54.2 Å². The van der Waals surface area contributed by atoms with E-state index >= 15 is 0 Å². The molecule has 0 aliphatic heterocycles. The molecular weight excluding hydrogens is 252 g/mol. The van der Waals surface area contributed by atoms with E-state index in [9.17, 15) is 0 Å². The van der Waals surface area contributed by atoms with E-state index in [0.717, 1.165) is 11.8 Å². The second kappa shape index (κ2) is 5.52. The van der Waals surface area contributed by atoms with Crippen LogP contribution in [-0.4, -0.2) is 0 Å². The van der Waals surface area contributed by atoms with E-state index in [1.54, 1.807) is 5.57 Å². The van der Waals surface area contributed by atoms with E-state index in [0.29, 0.717) is 0 Å². The summed E-state index contributed by atoms with van der Waals surface area (Å²) in [4.78, 5) is 0. The van der Waals surface area contributed by atoms with E-state index in [1.807, 2.05) is 0 Å². The Morgan fingerprint density at radius 1 is 0.667 bits per heavy atom. The van der Waals surface area contributed by atoms with Crippen LogP contribution in [0.5, 0.6) is 0 Å². The molecule has 0 spiro atoms. The summed E-state index contributed by atoms with van der Waals surface area (Å²) in [5, 5.41) is 0. The predicted molar refractivity (Wildman–Crippen MR) is 89.0 cm³/mol. The van der Waals surface area contributed by atoms with Gasteiger partial charge in [0.15, 0.2) is 0 Å². The van der Waals surface area contributed by atoms with E-state index < -0.39 is 0 Å². The molecule has 0 heterocycles. The fourth-order valence-electron chi connectivity index (χ4n) is 4.36. The zero-order valence-electron chi connectivity index (χ0n) is 12.5. The summed E-state index contributed by atoms with van der Waals surface area (Å²) < 4.78 is 0. The summed E-state index contributed by atoms with van der Waals surface area (Å²) in [6.45, 7) is 0. The number of benzene rings is 2. The molecule has 2 aliphatic rings. The molecule has 106 valence electrons. The topological polar surface area (TPSA) is 0 Å². The summed E-state index contributed by atoms with van der Waals surface area (Å²) in [6.07, 6.45) is 7.00. The molecule has 2 aliphatic carbocycles. The maximum Gasteiger partial charge on any atom is -0.0119 e. The number of fused-ring (bicyclic) bond motifs is 1. The molecule has 0 heteroatoms. The second-order valence-corrected chi connectivity index (χ2v) is 6.57. The average Bonchev–Trinajstić information content (AvgIpc) is 3.11. The SMILES string of the molecule is c1ccc(C(=C2CC3CCCC3C2)c2ccccc2)cc1. The first-order valence-corrected chi connectivity index (χ1v) is 8.24. The predicted octanol–water partition coefficient (Wildman–Crippen LogP) is 5.70. The van der Waals surface area contributed by atoms with Gasteiger partial charge in [0, 0.05) is 0 Å². The summed E-state index contributed by atoms with van der Waals surface area (Å²) in [5.41, 5.74) is 5.98. The first-order chi connectivity index (χ1) is 10.4. The summed E-state index contributed by atoms with van der Waals surface area (Å²) in [6, 6.07) is 21.9. The second-order valence-electron chi connectivity index (χ2n) is 6.57. The van der Waals surface area contributed by atoms with Crippen molar-refractivity contribution < 1.29 is 0 Å². The van der Waals surface area contributed by atoms with Crippen LogP contribution in [0.1, 0.15) is 43.2 Å². The third-order valence-corrected chi connectivity index (χ3v) is 5.31. The third kappa shape index (κ3) is 2.44. The van der Waals surface area contributed by atoms with Crippen LogP contribution < -0.4 is 0 Å². The average molecular weight is 274 g/mol. The van der Waals surface area contributed by atoms with Gasteiger partial charge in [0.2, 0.25) is 0 Å². The van der Waals surface area contributed by atoms with Crippen LogP contribution in [0.15, 0.2) is 66.2 Å². The third-order valence-electron chi connectivity index (χ3n) is 5.31. The molecule has 0 radical (unpaired) electrons. The minimum Gasteiger partial charge on any atom is -0.0622 e. The van der Waals surface area contributed by atoms with Crippen LogP contribution in [-0.2, 0) is 0 Å². The molecule has 0 N–H and O–H groups in total. The van der Waals surface area contributed by atoms with Crippen molar-refractivity contribution in [2.24, 2.45) is 11.8 Å². The summed E-state index contributed by atoms with van der Waals surface area (Å²) in [7, 11) is 0.